The van der Waals surface area contributed by atoms with E-state index in [1.54, 1.807) is 0 Å². The Balaban J connectivity index is 1.28. The van der Waals surface area contributed by atoms with Gasteiger partial charge in [-0.05, 0) is 137 Å². The smallest absolute Gasteiger partial charge is 0.126 e. The topological polar surface area (TPSA) is 121 Å². The molecular formula is C53H50O6. The Morgan fingerprint density at radius 3 is 1.71 bits per heavy atom. The molecule has 6 nitrogen and oxygen atoms in total. The molecule has 0 heterocycles. The van der Waals surface area contributed by atoms with Crippen molar-refractivity contribution in [2.45, 2.75) is 83.7 Å². The van der Waals surface area contributed by atoms with E-state index in [4.69, 9.17) is 0 Å². The fourth-order valence-electron chi connectivity index (χ4n) is 10.1. The summed E-state index contributed by atoms with van der Waals surface area (Å²) in [5, 5.41) is 70.1. The molecule has 0 fully saturated rings. The van der Waals surface area contributed by atoms with Crippen LogP contribution in [0.2, 0.25) is 0 Å². The summed E-state index contributed by atoms with van der Waals surface area (Å²) in [6, 6.07) is 40.8. The highest BCUT2D eigenvalue weighted by Gasteiger charge is 2.47. The van der Waals surface area contributed by atoms with Gasteiger partial charge in [0.05, 0.1) is 26.4 Å². The highest BCUT2D eigenvalue weighted by molar-refractivity contribution is 6.25. The molecule has 2 atom stereocenters. The molecule has 8 aromatic rings. The van der Waals surface area contributed by atoms with Gasteiger partial charge in [0.2, 0.25) is 0 Å². The zero-order chi connectivity index (χ0) is 41.4. The normalized spacial score (nSPS) is 15.7. The van der Waals surface area contributed by atoms with E-state index >= 15 is 0 Å². The Morgan fingerprint density at radius 1 is 0.542 bits per heavy atom. The van der Waals surface area contributed by atoms with Gasteiger partial charge in [-0.25, -0.2) is 0 Å². The zero-order valence-corrected chi connectivity index (χ0v) is 34.0. The lowest BCUT2D eigenvalue weighted by atomic mass is 9.63. The van der Waals surface area contributed by atoms with Crippen LogP contribution in [0.5, 0.6) is 11.5 Å². The lowest BCUT2D eigenvalue weighted by Gasteiger charge is -2.39. The van der Waals surface area contributed by atoms with Crippen LogP contribution in [0.3, 0.4) is 0 Å². The minimum absolute atomic E-state index is 0.0191. The largest absolute Gasteiger partial charge is 0.507 e. The van der Waals surface area contributed by atoms with Crippen LogP contribution >= 0.6 is 0 Å². The summed E-state index contributed by atoms with van der Waals surface area (Å²) < 4.78 is 0. The van der Waals surface area contributed by atoms with Crippen molar-refractivity contribution in [1.82, 2.24) is 0 Å². The molecule has 8 aromatic carbocycles. The first kappa shape index (κ1) is 38.7. The molecule has 0 saturated carbocycles. The van der Waals surface area contributed by atoms with Crippen molar-refractivity contribution >= 4 is 32.3 Å². The zero-order valence-electron chi connectivity index (χ0n) is 34.0. The van der Waals surface area contributed by atoms with Crippen molar-refractivity contribution in [2.24, 2.45) is 0 Å². The van der Waals surface area contributed by atoms with E-state index in [9.17, 15) is 30.6 Å². The number of aromatic hydroxyl groups is 2. The third-order valence-electron chi connectivity index (χ3n) is 13.3. The van der Waals surface area contributed by atoms with Crippen molar-refractivity contribution < 1.29 is 30.6 Å². The Labute approximate surface area is 344 Å². The first-order valence-electron chi connectivity index (χ1n) is 20.5. The van der Waals surface area contributed by atoms with Gasteiger partial charge in [0.1, 0.15) is 11.5 Å². The molecule has 0 amide bonds. The highest BCUT2D eigenvalue weighted by atomic mass is 16.3. The quantitative estimate of drug-likeness (QED) is 0.0769. The summed E-state index contributed by atoms with van der Waals surface area (Å²) in [5.41, 5.74) is 10.7. The maximum Gasteiger partial charge on any atom is 0.126 e. The van der Waals surface area contributed by atoms with Crippen molar-refractivity contribution in [3.63, 3.8) is 0 Å². The monoisotopic (exact) mass is 782 g/mol. The summed E-state index contributed by atoms with van der Waals surface area (Å²) in [6.07, 6.45) is 1.16. The maximum absolute atomic E-state index is 10.9. The number of hydrogen-bond acceptors (Lipinski definition) is 6. The number of aryl methyl sites for hydroxylation is 1. The first-order chi connectivity index (χ1) is 28.4. The molecule has 6 N–H and O–H groups in total. The number of fused-ring (bicyclic) bond motifs is 3. The molecule has 1 aliphatic rings. The molecule has 0 bridgehead atoms. The molecule has 0 aromatic heterocycles. The van der Waals surface area contributed by atoms with Crippen LogP contribution in [-0.4, -0.2) is 30.6 Å². The number of benzene rings is 8. The van der Waals surface area contributed by atoms with E-state index < -0.39 is 5.41 Å². The Bertz CT molecular complexity index is 2850. The second-order valence-electron chi connectivity index (χ2n) is 17.5. The Morgan fingerprint density at radius 2 is 1.08 bits per heavy atom. The summed E-state index contributed by atoms with van der Waals surface area (Å²) >= 11 is 0. The van der Waals surface area contributed by atoms with Crippen molar-refractivity contribution in [3.05, 3.63) is 165 Å². The van der Waals surface area contributed by atoms with Gasteiger partial charge < -0.3 is 30.6 Å². The van der Waals surface area contributed by atoms with Crippen LogP contribution in [0.25, 0.3) is 54.6 Å². The van der Waals surface area contributed by atoms with E-state index in [1.807, 2.05) is 24.3 Å². The summed E-state index contributed by atoms with van der Waals surface area (Å²) in [6.45, 7) is 7.48. The molecule has 0 spiro atoms. The Hall–Kier alpha value is -5.76. The molecule has 0 radical (unpaired) electrons. The van der Waals surface area contributed by atoms with Gasteiger partial charge in [-0.1, -0.05) is 113 Å². The van der Waals surface area contributed by atoms with Crippen LogP contribution < -0.4 is 0 Å². The van der Waals surface area contributed by atoms with Crippen LogP contribution in [0.1, 0.15) is 90.1 Å². The van der Waals surface area contributed by atoms with Gasteiger partial charge in [0.15, 0.2) is 0 Å². The summed E-state index contributed by atoms with van der Waals surface area (Å²) in [5.74, 6) is -0.417. The fraction of sp³-hybridized carbons (Fsp3) is 0.245. The van der Waals surface area contributed by atoms with Crippen LogP contribution in [-0.2, 0) is 43.7 Å². The Kier molecular flexibility index (Phi) is 9.52. The minimum Gasteiger partial charge on any atom is -0.507 e. The summed E-state index contributed by atoms with van der Waals surface area (Å²) in [4.78, 5) is 0. The summed E-state index contributed by atoms with van der Waals surface area (Å²) in [7, 11) is 0. The average Bonchev–Trinajstić information content (AvgIpc) is 3.53. The third kappa shape index (κ3) is 6.08. The lowest BCUT2D eigenvalue weighted by Crippen LogP contribution is -2.33. The van der Waals surface area contributed by atoms with Gasteiger partial charge in [0.25, 0.3) is 0 Å². The molecule has 0 saturated heterocycles. The number of phenols is 2. The maximum atomic E-state index is 10.9. The van der Waals surface area contributed by atoms with Crippen LogP contribution in [0.4, 0.5) is 0 Å². The molecule has 9 rings (SSSR count). The SMILES string of the molecule is CC(c1cc(CO)c(O)c(CO)c1)C1(CCc2cc(CO)c(O)c(CO)c2)c2ccccc2-c2ccc(-c3ccc4ccc5cc(C(C)(C)C)cc6ccc3c4c56)cc21. The second kappa shape index (κ2) is 14.5. The van der Waals surface area contributed by atoms with Crippen LogP contribution in [0, 0.1) is 0 Å². The van der Waals surface area contributed by atoms with Crippen molar-refractivity contribution in [1.29, 1.82) is 0 Å². The van der Waals surface area contributed by atoms with E-state index in [1.165, 1.54) is 37.9 Å². The number of hydrogen-bond donors (Lipinski definition) is 6. The van der Waals surface area contributed by atoms with Gasteiger partial charge in [-0.3, -0.25) is 0 Å². The predicted molar refractivity (Wildman–Crippen MR) is 237 cm³/mol. The van der Waals surface area contributed by atoms with E-state index in [2.05, 4.69) is 119 Å². The van der Waals surface area contributed by atoms with E-state index in [0.29, 0.717) is 35.1 Å². The van der Waals surface area contributed by atoms with Gasteiger partial charge in [-0.2, -0.15) is 0 Å². The molecule has 0 aliphatic heterocycles. The molecule has 1 aliphatic carbocycles. The van der Waals surface area contributed by atoms with Gasteiger partial charge in [-0.15, -0.1) is 0 Å². The number of aliphatic hydroxyl groups excluding tert-OH is 4. The standard InChI is InChI=1S/C53H50O6/c1-30(36-21-39(28-56)51(59)40(22-36)29-57)53(18-17-31-19-37(26-54)50(58)38(20-31)27-55)46-8-6-5-7-43(46)44-15-12-33(25-47(44)53)42-14-11-32-9-10-34-23-41(52(2,3)4)24-35-13-16-45(42)49(32)48(34)35/h5-16,19-25,30,54-59H,17-18,26-29H2,1-4H3. The number of aliphatic hydroxyl groups is 4. The first-order valence-corrected chi connectivity index (χ1v) is 20.5. The van der Waals surface area contributed by atoms with E-state index in [0.717, 1.165) is 44.5 Å². The van der Waals surface area contributed by atoms with Crippen molar-refractivity contribution in [2.75, 3.05) is 0 Å². The van der Waals surface area contributed by atoms with Crippen molar-refractivity contribution in [3.8, 4) is 33.8 Å². The average molecular weight is 783 g/mol. The minimum atomic E-state index is -0.651. The lowest BCUT2D eigenvalue weighted by molar-refractivity contribution is 0.262. The fourth-order valence-corrected chi connectivity index (χ4v) is 10.1. The van der Waals surface area contributed by atoms with E-state index in [-0.39, 0.29) is 49.3 Å². The van der Waals surface area contributed by atoms with Crippen LogP contribution in [0.15, 0.2) is 115 Å². The molecule has 2 unspecified atom stereocenters. The predicted octanol–water partition coefficient (Wildman–Crippen LogP) is 10.6. The molecule has 59 heavy (non-hydrogen) atoms. The highest BCUT2D eigenvalue weighted by Crippen LogP contribution is 2.59. The molecule has 6 heteroatoms. The molecule has 298 valence electrons. The third-order valence-corrected chi connectivity index (χ3v) is 13.3. The second-order valence-corrected chi connectivity index (χ2v) is 17.5. The van der Waals surface area contributed by atoms with Gasteiger partial charge >= 0.3 is 0 Å². The van der Waals surface area contributed by atoms with Gasteiger partial charge in [0, 0.05) is 27.7 Å². The molecular weight excluding hydrogens is 733 g/mol. The number of rotatable bonds is 10.